The number of halogens is 1. The van der Waals surface area contributed by atoms with Gasteiger partial charge in [0, 0.05) is 16.8 Å². The average Bonchev–Trinajstić information content (AvgIpc) is 3.45. The molecule has 1 N–H and O–H groups in total. The second kappa shape index (κ2) is 9.42. The van der Waals surface area contributed by atoms with E-state index >= 15 is 0 Å². The Kier molecular flexibility index (Phi) is 6.69. The number of rotatable bonds is 7. The minimum absolute atomic E-state index is 0.0650. The van der Waals surface area contributed by atoms with Crippen molar-refractivity contribution in [2.45, 2.75) is 37.6 Å². The average molecular weight is 493 g/mol. The van der Waals surface area contributed by atoms with Gasteiger partial charge in [-0.05, 0) is 55.0 Å². The van der Waals surface area contributed by atoms with E-state index < -0.39 is 0 Å². The Hall–Kier alpha value is -1.68. The highest BCUT2D eigenvalue weighted by molar-refractivity contribution is 9.10. The maximum Gasteiger partial charge on any atom is 0.234 e. The summed E-state index contributed by atoms with van der Waals surface area (Å²) in [6, 6.07) is 9.84. The fraction of sp³-hybridized carbons (Fsp3) is 0.350. The van der Waals surface area contributed by atoms with Crippen molar-refractivity contribution in [1.82, 2.24) is 14.8 Å². The number of hydrogen-bond acceptors (Lipinski definition) is 6. The summed E-state index contributed by atoms with van der Waals surface area (Å²) in [5, 5.41) is 14.5. The third-order valence-electron chi connectivity index (χ3n) is 4.66. The second-order valence-corrected chi connectivity index (χ2v) is 9.63. The van der Waals surface area contributed by atoms with E-state index in [4.69, 9.17) is 4.74 Å². The highest BCUT2D eigenvalue weighted by Crippen LogP contribution is 2.29. The van der Waals surface area contributed by atoms with Crippen LogP contribution in [0.4, 0.5) is 5.69 Å². The maximum absolute atomic E-state index is 12.5. The molecule has 1 aliphatic heterocycles. The molecule has 0 radical (unpaired) electrons. The summed E-state index contributed by atoms with van der Waals surface area (Å²) < 4.78 is 8.89. The summed E-state index contributed by atoms with van der Waals surface area (Å²) in [6.07, 6.45) is 2.29. The first kappa shape index (κ1) is 20.6. The molecular weight excluding hydrogens is 472 g/mol. The second-order valence-electron chi connectivity index (χ2n) is 6.83. The maximum atomic E-state index is 12.5. The van der Waals surface area contributed by atoms with Gasteiger partial charge in [0.2, 0.25) is 5.91 Å². The molecule has 3 aromatic rings. The molecule has 2 aromatic heterocycles. The van der Waals surface area contributed by atoms with Crippen LogP contribution in [0.25, 0.3) is 10.7 Å². The Bertz CT molecular complexity index is 985. The fourth-order valence-corrected chi connectivity index (χ4v) is 5.16. The number of anilines is 1. The number of hydrogen-bond donors (Lipinski definition) is 1. The lowest BCUT2D eigenvalue weighted by atomic mass is 10.2. The summed E-state index contributed by atoms with van der Waals surface area (Å²) in [5.41, 5.74) is 1.83. The summed E-state index contributed by atoms with van der Waals surface area (Å²) in [7, 11) is 0. The van der Waals surface area contributed by atoms with Crippen molar-refractivity contribution in [3.63, 3.8) is 0 Å². The number of thioether (sulfide) groups is 1. The highest BCUT2D eigenvalue weighted by atomic mass is 79.9. The standard InChI is InChI=1S/C20H21BrN4O2S2/c1-13-10-14(21)6-7-16(13)22-18(26)12-29-20-24-23-19(17-5-3-9-28-17)25(20)11-15-4-2-8-27-15/h3,5-7,9-10,15H,2,4,8,11-12H2,1H3,(H,22,26). The predicted octanol–water partition coefficient (Wildman–Crippen LogP) is 4.99. The van der Waals surface area contributed by atoms with Gasteiger partial charge < -0.3 is 10.1 Å². The van der Waals surface area contributed by atoms with Gasteiger partial charge in [-0.25, -0.2) is 0 Å². The van der Waals surface area contributed by atoms with E-state index in [0.29, 0.717) is 6.54 Å². The third-order valence-corrected chi connectivity index (χ3v) is 6.99. The van der Waals surface area contributed by atoms with Crippen molar-refractivity contribution >= 4 is 50.6 Å². The molecule has 9 heteroatoms. The molecule has 0 spiro atoms. The van der Waals surface area contributed by atoms with E-state index in [0.717, 1.165) is 51.0 Å². The Morgan fingerprint density at radius 1 is 1.41 bits per heavy atom. The Morgan fingerprint density at radius 3 is 3.03 bits per heavy atom. The molecule has 1 unspecified atom stereocenters. The van der Waals surface area contributed by atoms with Crippen molar-refractivity contribution in [3.8, 4) is 10.7 Å². The van der Waals surface area contributed by atoms with Crippen LogP contribution in [0.2, 0.25) is 0 Å². The van der Waals surface area contributed by atoms with Crippen LogP contribution in [0, 0.1) is 6.92 Å². The first-order valence-corrected chi connectivity index (χ1v) is 12.0. The van der Waals surface area contributed by atoms with E-state index in [1.165, 1.54) is 11.8 Å². The molecule has 1 aromatic carbocycles. The van der Waals surface area contributed by atoms with Gasteiger partial charge >= 0.3 is 0 Å². The fourth-order valence-electron chi connectivity index (χ4n) is 3.22. The number of aryl methyl sites for hydroxylation is 1. The van der Waals surface area contributed by atoms with Gasteiger partial charge in [0.25, 0.3) is 0 Å². The lowest BCUT2D eigenvalue weighted by Gasteiger charge is -2.14. The van der Waals surface area contributed by atoms with E-state index in [9.17, 15) is 4.79 Å². The zero-order valence-corrected chi connectivity index (χ0v) is 19.1. The predicted molar refractivity (Wildman–Crippen MR) is 121 cm³/mol. The molecule has 4 rings (SSSR count). The molecule has 6 nitrogen and oxygen atoms in total. The Morgan fingerprint density at radius 2 is 2.31 bits per heavy atom. The molecule has 1 amide bonds. The topological polar surface area (TPSA) is 69.0 Å². The number of aromatic nitrogens is 3. The van der Waals surface area contributed by atoms with Crippen LogP contribution in [0.3, 0.4) is 0 Å². The zero-order valence-electron chi connectivity index (χ0n) is 15.9. The first-order valence-electron chi connectivity index (χ1n) is 9.37. The van der Waals surface area contributed by atoms with Crippen molar-refractivity contribution in [1.29, 1.82) is 0 Å². The van der Waals surface area contributed by atoms with E-state index in [1.54, 1.807) is 11.3 Å². The molecular formula is C20H21BrN4O2S2. The Balaban J connectivity index is 1.46. The van der Waals surface area contributed by atoms with Gasteiger partial charge in [-0.3, -0.25) is 9.36 Å². The van der Waals surface area contributed by atoms with E-state index in [-0.39, 0.29) is 17.8 Å². The lowest BCUT2D eigenvalue weighted by Crippen LogP contribution is -2.18. The lowest BCUT2D eigenvalue weighted by molar-refractivity contribution is -0.113. The minimum Gasteiger partial charge on any atom is -0.376 e. The normalized spacial score (nSPS) is 16.3. The largest absolute Gasteiger partial charge is 0.376 e. The molecule has 0 bridgehead atoms. The van der Waals surface area contributed by atoms with Crippen molar-refractivity contribution in [2.75, 3.05) is 17.7 Å². The van der Waals surface area contributed by atoms with Crippen molar-refractivity contribution in [3.05, 3.63) is 45.7 Å². The number of carbonyl (C=O) groups excluding carboxylic acids is 1. The van der Waals surface area contributed by atoms with Gasteiger partial charge in [0.1, 0.15) is 0 Å². The van der Waals surface area contributed by atoms with Gasteiger partial charge in [-0.15, -0.1) is 21.5 Å². The van der Waals surface area contributed by atoms with Gasteiger partial charge in [0.05, 0.1) is 23.3 Å². The highest BCUT2D eigenvalue weighted by Gasteiger charge is 2.22. The van der Waals surface area contributed by atoms with Crippen LogP contribution in [-0.4, -0.2) is 39.1 Å². The first-order chi connectivity index (χ1) is 14.1. The molecule has 1 fully saturated rings. The van der Waals surface area contributed by atoms with Crippen LogP contribution in [0.15, 0.2) is 45.3 Å². The van der Waals surface area contributed by atoms with Crippen LogP contribution < -0.4 is 5.32 Å². The molecule has 1 atom stereocenters. The number of amides is 1. The third kappa shape index (κ3) is 5.09. The number of carbonyl (C=O) groups is 1. The Labute approximate surface area is 186 Å². The van der Waals surface area contributed by atoms with Crippen LogP contribution in [0.1, 0.15) is 18.4 Å². The smallest absolute Gasteiger partial charge is 0.234 e. The molecule has 3 heterocycles. The summed E-state index contributed by atoms with van der Waals surface area (Å²) in [5.74, 6) is 1.04. The quantitative estimate of drug-likeness (QED) is 0.470. The SMILES string of the molecule is Cc1cc(Br)ccc1NC(=O)CSc1nnc(-c2cccs2)n1CC1CCCO1. The summed E-state index contributed by atoms with van der Waals surface area (Å²) >= 11 is 6.48. The van der Waals surface area contributed by atoms with Crippen molar-refractivity contribution in [2.24, 2.45) is 0 Å². The van der Waals surface area contributed by atoms with Gasteiger partial charge in [-0.1, -0.05) is 33.8 Å². The van der Waals surface area contributed by atoms with Crippen LogP contribution in [0.5, 0.6) is 0 Å². The number of nitrogens with zero attached hydrogens (tertiary/aromatic N) is 3. The molecule has 29 heavy (non-hydrogen) atoms. The molecule has 152 valence electrons. The van der Waals surface area contributed by atoms with Crippen molar-refractivity contribution < 1.29 is 9.53 Å². The molecule has 1 aliphatic rings. The number of nitrogens with one attached hydrogen (secondary N) is 1. The minimum atomic E-state index is -0.0650. The van der Waals surface area contributed by atoms with E-state index in [1.807, 2.05) is 42.6 Å². The number of benzene rings is 1. The molecule has 1 saturated heterocycles. The van der Waals surface area contributed by atoms with Crippen LogP contribution >= 0.6 is 39.0 Å². The zero-order chi connectivity index (χ0) is 20.2. The molecule has 0 aliphatic carbocycles. The summed E-state index contributed by atoms with van der Waals surface area (Å²) in [4.78, 5) is 13.6. The number of thiophene rings is 1. The number of ether oxygens (including phenoxy) is 1. The van der Waals surface area contributed by atoms with E-state index in [2.05, 4.69) is 36.0 Å². The van der Waals surface area contributed by atoms with Gasteiger partial charge in [-0.2, -0.15) is 0 Å². The molecule has 0 saturated carbocycles. The van der Waals surface area contributed by atoms with Gasteiger partial charge in [0.15, 0.2) is 11.0 Å². The summed E-state index contributed by atoms with van der Waals surface area (Å²) in [6.45, 7) is 3.48. The monoisotopic (exact) mass is 492 g/mol. The van der Waals surface area contributed by atoms with Crippen LogP contribution in [-0.2, 0) is 16.1 Å².